The number of hydrogen-bond donors (Lipinski definition) is 0. The summed E-state index contributed by atoms with van der Waals surface area (Å²) in [4.78, 5) is 19.4. The van der Waals surface area contributed by atoms with Gasteiger partial charge in [0.25, 0.3) is 0 Å². The number of rotatable bonds is 6. The normalized spacial score (nSPS) is 14.8. The van der Waals surface area contributed by atoms with Crippen molar-refractivity contribution >= 4 is 64.6 Å². The summed E-state index contributed by atoms with van der Waals surface area (Å²) in [6, 6.07) is 0. The van der Waals surface area contributed by atoms with Gasteiger partial charge >= 0.3 is 18.5 Å². The van der Waals surface area contributed by atoms with Gasteiger partial charge in [-0.1, -0.05) is 10.7 Å². The van der Waals surface area contributed by atoms with Gasteiger partial charge in [-0.25, -0.2) is 34.1 Å². The molecule has 0 aliphatic carbocycles. The maximum absolute atomic E-state index is 12.2. The Morgan fingerprint density at radius 3 is 1.37 bits per heavy atom. The summed E-state index contributed by atoms with van der Waals surface area (Å²) in [5.41, 5.74) is 1.46. The highest BCUT2D eigenvalue weighted by Gasteiger charge is 2.36. The number of alkyl halides is 9. The summed E-state index contributed by atoms with van der Waals surface area (Å²) in [5.74, 6) is -3.52. The highest BCUT2D eigenvalue weighted by atomic mass is 127. The minimum absolute atomic E-state index is 0. The molecule has 0 bridgehead atoms. The number of nitriles is 2. The van der Waals surface area contributed by atoms with Crippen LogP contribution in [-0.2, 0) is 38.9 Å². The van der Waals surface area contributed by atoms with Crippen molar-refractivity contribution in [3.05, 3.63) is 71.3 Å². The van der Waals surface area contributed by atoms with E-state index in [-0.39, 0.29) is 49.9 Å². The first kappa shape index (κ1) is 49.9. The third-order valence-corrected chi connectivity index (χ3v) is 10.8. The van der Waals surface area contributed by atoms with Crippen LogP contribution in [0.4, 0.5) is 39.5 Å². The molecule has 0 saturated carbocycles. The molecule has 25 heteroatoms. The Kier molecular flexibility index (Phi) is 20.9. The predicted octanol–water partition coefficient (Wildman–Crippen LogP) is 8.01. The molecule has 0 amide bonds. The van der Waals surface area contributed by atoms with Crippen molar-refractivity contribution in [3.63, 3.8) is 0 Å². The lowest BCUT2D eigenvalue weighted by atomic mass is 10.2. The van der Waals surface area contributed by atoms with Crippen LogP contribution in [0.25, 0.3) is 0 Å². The van der Waals surface area contributed by atoms with E-state index in [4.69, 9.17) is 10.5 Å². The summed E-state index contributed by atoms with van der Waals surface area (Å²) in [6.07, 6.45) is 0.900. The molecule has 5 atom stereocenters. The van der Waals surface area contributed by atoms with Gasteiger partial charge in [0.15, 0.2) is 0 Å². The van der Waals surface area contributed by atoms with Crippen molar-refractivity contribution in [2.75, 3.05) is 18.8 Å². The third-order valence-electron chi connectivity index (χ3n) is 6.11. The van der Waals surface area contributed by atoms with Crippen LogP contribution in [0.1, 0.15) is 72.1 Å². The fourth-order valence-electron chi connectivity index (χ4n) is 2.97. The zero-order valence-corrected chi connectivity index (χ0v) is 32.0. The standard InChI is InChI=1S/C9H9F3N4OS.C9H9F3N4S.C8H9F3N2S.B.HI.H2/c1-6(18(2,17)16-5-13)7-3-14-8(15-4-7)9(10,11)12;1-6(17(2)16-5-13)7-3-14-8(15-4-7)9(10,11)12;1-5(14-2)6-3-12-7(13-4-6)8(9,10)11;;;/h3-4,6H,1-2H3;3-4,6H,1-2H3;3-5H,1-2H3;;2*1H. The Balaban J connectivity index is -0.000000678. The quantitative estimate of drug-likeness (QED) is 0.102. The first-order valence-corrected chi connectivity index (χ1v) is 18.0. The number of thioether (sulfide) groups is 1. The van der Waals surface area contributed by atoms with E-state index in [0.29, 0.717) is 11.1 Å². The van der Waals surface area contributed by atoms with Crippen LogP contribution >= 0.6 is 35.7 Å². The highest BCUT2D eigenvalue weighted by molar-refractivity contribution is 14.0. The summed E-state index contributed by atoms with van der Waals surface area (Å²) in [5, 5.41) is 16.0. The monoisotopic (exact) mass is 903 g/mol. The minimum Gasteiger partial charge on any atom is -0.248 e. The first-order valence-electron chi connectivity index (χ1n) is 13.0. The van der Waals surface area contributed by atoms with Crippen LogP contribution in [0, 0.1) is 22.9 Å². The lowest BCUT2D eigenvalue weighted by Crippen LogP contribution is -2.13. The Labute approximate surface area is 315 Å². The zero-order chi connectivity index (χ0) is 37.8. The lowest BCUT2D eigenvalue weighted by Gasteiger charge is -2.12. The summed E-state index contributed by atoms with van der Waals surface area (Å²) >= 11 is 1.53. The molecule has 3 rings (SSSR count). The molecule has 0 N–H and O–H groups in total. The van der Waals surface area contributed by atoms with Gasteiger partial charge in [0.1, 0.15) is 0 Å². The van der Waals surface area contributed by atoms with Gasteiger partial charge < -0.3 is 0 Å². The van der Waals surface area contributed by atoms with Crippen LogP contribution in [0.5, 0.6) is 0 Å². The van der Waals surface area contributed by atoms with Crippen LogP contribution in [-0.4, -0.2) is 61.3 Å². The van der Waals surface area contributed by atoms with E-state index >= 15 is 0 Å². The number of aromatic nitrogens is 6. The number of halogens is 10. The van der Waals surface area contributed by atoms with Gasteiger partial charge in [0.2, 0.25) is 29.9 Å². The Bertz CT molecular complexity index is 1770. The summed E-state index contributed by atoms with van der Waals surface area (Å²) in [6.45, 7) is 5.13. The molecule has 281 valence electrons. The average molecular weight is 903 g/mol. The zero-order valence-electron chi connectivity index (χ0n) is 27.2. The van der Waals surface area contributed by atoms with E-state index in [1.54, 1.807) is 19.4 Å². The van der Waals surface area contributed by atoms with Gasteiger partial charge in [-0.15, -0.1) is 28.3 Å². The molecular formula is C26H30BF9IN10OS3. The molecule has 3 aromatic heterocycles. The first-order chi connectivity index (χ1) is 22.5. The van der Waals surface area contributed by atoms with Crippen LogP contribution in [0.3, 0.4) is 0 Å². The molecule has 3 aromatic rings. The molecule has 3 heterocycles. The number of nitrogens with zero attached hydrogens (tertiary/aromatic N) is 10. The minimum atomic E-state index is -4.62. The summed E-state index contributed by atoms with van der Waals surface area (Å²) in [7, 11) is -3.45. The van der Waals surface area contributed by atoms with Crippen LogP contribution < -0.4 is 0 Å². The van der Waals surface area contributed by atoms with Crippen molar-refractivity contribution in [1.82, 2.24) is 29.9 Å². The molecule has 0 saturated heterocycles. The smallest absolute Gasteiger partial charge is 0.248 e. The Morgan fingerprint density at radius 1 is 0.745 bits per heavy atom. The summed E-state index contributed by atoms with van der Waals surface area (Å²) < 4.78 is 128. The van der Waals surface area contributed by atoms with E-state index in [9.17, 15) is 43.7 Å². The van der Waals surface area contributed by atoms with Crippen LogP contribution in [0.15, 0.2) is 45.9 Å². The van der Waals surface area contributed by atoms with Crippen molar-refractivity contribution < 1.29 is 45.1 Å². The predicted molar refractivity (Wildman–Crippen MR) is 187 cm³/mol. The molecular weight excluding hydrogens is 873 g/mol. The molecule has 5 unspecified atom stereocenters. The van der Waals surface area contributed by atoms with Gasteiger partial charge in [0, 0.05) is 80.5 Å². The van der Waals surface area contributed by atoms with E-state index in [1.807, 2.05) is 13.2 Å². The Hall–Kier alpha value is -3.17. The van der Waals surface area contributed by atoms with Crippen molar-refractivity contribution in [2.45, 2.75) is 55.0 Å². The van der Waals surface area contributed by atoms with Crippen molar-refractivity contribution in [2.24, 2.45) is 8.73 Å². The average Bonchev–Trinajstić information content (AvgIpc) is 3.03. The molecule has 0 aliphatic heterocycles. The van der Waals surface area contributed by atoms with E-state index in [0.717, 1.165) is 24.8 Å². The SMILES string of the molecule is CC(c1cnc(C(F)(F)F)nc1)S(C)(=O)=NC#N.CC(c1cnc(C(F)(F)F)nc1)S(C)=NC#N.CSC(C)c1cnc(C(F)(F)F)nc1.I.[B].[HH]. The van der Waals surface area contributed by atoms with Crippen LogP contribution in [0.2, 0.25) is 0 Å². The Morgan fingerprint density at radius 2 is 1.08 bits per heavy atom. The topological polar surface area (TPSA) is 167 Å². The molecule has 0 spiro atoms. The third kappa shape index (κ3) is 16.4. The number of hydrogen-bond acceptors (Lipinski definition) is 12. The fourth-order valence-corrected chi connectivity index (χ4v) is 5.12. The van der Waals surface area contributed by atoms with Gasteiger partial charge in [-0.3, -0.25) is 0 Å². The van der Waals surface area contributed by atoms with E-state index < -0.39 is 61.7 Å². The van der Waals surface area contributed by atoms with E-state index in [1.165, 1.54) is 43.5 Å². The lowest BCUT2D eigenvalue weighted by molar-refractivity contribution is -0.145. The van der Waals surface area contributed by atoms with Crippen molar-refractivity contribution in [1.29, 1.82) is 10.5 Å². The van der Waals surface area contributed by atoms with Gasteiger partial charge in [-0.2, -0.15) is 66.2 Å². The molecule has 0 aliphatic rings. The second kappa shape index (κ2) is 21.4. The van der Waals surface area contributed by atoms with E-state index in [2.05, 4.69) is 38.6 Å². The van der Waals surface area contributed by atoms with Crippen molar-refractivity contribution in [3.8, 4) is 12.4 Å². The molecule has 51 heavy (non-hydrogen) atoms. The molecule has 3 radical (unpaired) electrons. The molecule has 11 nitrogen and oxygen atoms in total. The fraction of sp³-hybridized carbons (Fsp3) is 0.462. The largest absolute Gasteiger partial charge is 0.451 e. The highest BCUT2D eigenvalue weighted by Crippen LogP contribution is 2.30. The maximum atomic E-state index is 12.2. The molecule has 0 fully saturated rings. The molecule has 0 aromatic carbocycles. The van der Waals surface area contributed by atoms with Gasteiger partial charge in [0.05, 0.1) is 15.0 Å². The van der Waals surface area contributed by atoms with Gasteiger partial charge in [-0.05, 0) is 33.3 Å². The second-order valence-electron chi connectivity index (χ2n) is 9.44. The maximum Gasteiger partial charge on any atom is 0.451 e. The second-order valence-corrected chi connectivity index (χ2v) is 15.2.